The van der Waals surface area contributed by atoms with Gasteiger partial charge >= 0.3 is 6.03 Å². The summed E-state index contributed by atoms with van der Waals surface area (Å²) in [5.74, 6) is -0.452. The largest absolute Gasteiger partial charge is 0.340 e. The molecule has 2 saturated heterocycles. The lowest BCUT2D eigenvalue weighted by molar-refractivity contribution is -0.145. The molecule has 1 aromatic rings. The standard InChI is InChI=1S/C17H22FN3O2/c18-17(15(22)20-10-4-5-11-20)9-6-12-21(13-17)16(23)19-14-7-2-1-3-8-14/h1-3,7-8H,4-6,9-13H2,(H,19,23). The van der Waals surface area contributed by atoms with Crippen molar-refractivity contribution in [3.05, 3.63) is 30.3 Å². The first-order valence-electron chi connectivity index (χ1n) is 8.18. The van der Waals surface area contributed by atoms with E-state index in [0.29, 0.717) is 31.7 Å². The molecule has 2 aliphatic rings. The number of carbonyl (C=O) groups excluding carboxylic acids is 2. The second-order valence-corrected chi connectivity index (χ2v) is 6.29. The van der Waals surface area contributed by atoms with Crippen LogP contribution in [0.3, 0.4) is 0 Å². The number of alkyl halides is 1. The Balaban J connectivity index is 1.65. The van der Waals surface area contributed by atoms with Gasteiger partial charge in [-0.15, -0.1) is 0 Å². The van der Waals surface area contributed by atoms with Crippen molar-refractivity contribution in [1.29, 1.82) is 0 Å². The summed E-state index contributed by atoms with van der Waals surface area (Å²) in [5.41, 5.74) is -1.28. The first kappa shape index (κ1) is 15.8. The molecule has 1 unspecified atom stereocenters. The number of hydrogen-bond acceptors (Lipinski definition) is 2. The van der Waals surface area contributed by atoms with E-state index in [1.165, 1.54) is 4.90 Å². The van der Waals surface area contributed by atoms with Crippen LogP contribution in [0.15, 0.2) is 30.3 Å². The van der Waals surface area contributed by atoms with Crippen LogP contribution in [0, 0.1) is 0 Å². The fourth-order valence-electron chi connectivity index (χ4n) is 3.29. The first-order chi connectivity index (χ1) is 11.1. The minimum absolute atomic E-state index is 0.166. The fraction of sp³-hybridized carbons (Fsp3) is 0.529. The lowest BCUT2D eigenvalue weighted by Gasteiger charge is -2.38. The highest BCUT2D eigenvalue weighted by atomic mass is 19.1. The van der Waals surface area contributed by atoms with E-state index in [1.807, 2.05) is 18.2 Å². The van der Waals surface area contributed by atoms with Gasteiger partial charge in [0.25, 0.3) is 5.91 Å². The molecule has 2 aliphatic heterocycles. The van der Waals surface area contributed by atoms with Crippen molar-refractivity contribution in [2.75, 3.05) is 31.5 Å². The number of halogens is 1. The number of piperidine rings is 1. The number of carbonyl (C=O) groups is 2. The predicted molar refractivity (Wildman–Crippen MR) is 85.9 cm³/mol. The maximum absolute atomic E-state index is 15.2. The van der Waals surface area contributed by atoms with Crippen LogP contribution >= 0.6 is 0 Å². The molecule has 3 rings (SSSR count). The van der Waals surface area contributed by atoms with Crippen molar-refractivity contribution in [2.45, 2.75) is 31.4 Å². The van der Waals surface area contributed by atoms with Gasteiger partial charge in [0.15, 0.2) is 0 Å². The number of rotatable bonds is 2. The monoisotopic (exact) mass is 319 g/mol. The van der Waals surface area contributed by atoms with Crippen molar-refractivity contribution in [3.8, 4) is 0 Å². The summed E-state index contributed by atoms with van der Waals surface area (Å²) in [7, 11) is 0. The van der Waals surface area contributed by atoms with Gasteiger partial charge in [-0.2, -0.15) is 0 Å². The van der Waals surface area contributed by atoms with Gasteiger partial charge in [-0.1, -0.05) is 18.2 Å². The smallest absolute Gasteiger partial charge is 0.321 e. The zero-order valence-corrected chi connectivity index (χ0v) is 13.1. The summed E-state index contributed by atoms with van der Waals surface area (Å²) in [5, 5.41) is 2.75. The number of anilines is 1. The first-order valence-corrected chi connectivity index (χ1v) is 8.18. The molecule has 0 saturated carbocycles. The number of amides is 3. The molecule has 1 aromatic carbocycles. The van der Waals surface area contributed by atoms with E-state index < -0.39 is 11.6 Å². The highest BCUT2D eigenvalue weighted by Gasteiger charge is 2.46. The normalized spacial score (nSPS) is 24.6. The number of nitrogens with one attached hydrogen (secondary N) is 1. The second kappa shape index (κ2) is 6.56. The van der Waals surface area contributed by atoms with Gasteiger partial charge in [-0.05, 0) is 37.8 Å². The third kappa shape index (κ3) is 3.46. The molecule has 3 amide bonds. The van der Waals surface area contributed by atoms with E-state index >= 15 is 4.39 Å². The summed E-state index contributed by atoms with van der Waals surface area (Å²) >= 11 is 0. The molecule has 23 heavy (non-hydrogen) atoms. The Morgan fingerprint density at radius 3 is 2.35 bits per heavy atom. The Bertz CT molecular complexity index is 574. The number of urea groups is 1. The van der Waals surface area contributed by atoms with E-state index in [-0.39, 0.29) is 19.0 Å². The maximum Gasteiger partial charge on any atom is 0.321 e. The molecular weight excluding hydrogens is 297 g/mol. The van der Waals surface area contributed by atoms with Crippen molar-refractivity contribution < 1.29 is 14.0 Å². The average Bonchev–Trinajstić information content (AvgIpc) is 3.09. The Labute approximate surface area is 135 Å². The van der Waals surface area contributed by atoms with Crippen LogP contribution in [0.4, 0.5) is 14.9 Å². The maximum atomic E-state index is 15.2. The van der Waals surface area contributed by atoms with Crippen molar-refractivity contribution in [1.82, 2.24) is 9.80 Å². The summed E-state index contributed by atoms with van der Waals surface area (Å²) in [6, 6.07) is 8.70. The number of nitrogens with zero attached hydrogens (tertiary/aromatic N) is 2. The number of para-hydroxylation sites is 1. The van der Waals surface area contributed by atoms with Crippen LogP contribution in [-0.2, 0) is 4.79 Å². The van der Waals surface area contributed by atoms with Crippen molar-refractivity contribution >= 4 is 17.6 Å². The molecule has 0 aliphatic carbocycles. The highest BCUT2D eigenvalue weighted by molar-refractivity contribution is 5.91. The molecule has 0 aromatic heterocycles. The average molecular weight is 319 g/mol. The van der Waals surface area contributed by atoms with E-state index in [2.05, 4.69) is 5.32 Å². The quantitative estimate of drug-likeness (QED) is 0.911. The minimum Gasteiger partial charge on any atom is -0.340 e. The van der Waals surface area contributed by atoms with Gasteiger partial charge in [-0.25, -0.2) is 9.18 Å². The molecule has 0 radical (unpaired) electrons. The van der Waals surface area contributed by atoms with Gasteiger partial charge in [0.2, 0.25) is 5.67 Å². The lowest BCUT2D eigenvalue weighted by atomic mass is 9.93. The molecule has 2 fully saturated rings. The van der Waals surface area contributed by atoms with Crippen LogP contribution in [0.5, 0.6) is 0 Å². The summed E-state index contributed by atoms with van der Waals surface area (Å²) in [6.45, 7) is 1.56. The second-order valence-electron chi connectivity index (χ2n) is 6.29. The molecule has 2 heterocycles. The van der Waals surface area contributed by atoms with E-state index in [1.54, 1.807) is 17.0 Å². The molecule has 1 atom stereocenters. The minimum atomic E-state index is -1.95. The molecule has 124 valence electrons. The Morgan fingerprint density at radius 1 is 1.00 bits per heavy atom. The summed E-state index contributed by atoms with van der Waals surface area (Å²) < 4.78 is 15.2. The lowest BCUT2D eigenvalue weighted by Crippen LogP contribution is -2.56. The Hall–Kier alpha value is -2.11. The van der Waals surface area contributed by atoms with Crippen LogP contribution in [0.1, 0.15) is 25.7 Å². The van der Waals surface area contributed by atoms with Gasteiger partial charge in [0.05, 0.1) is 6.54 Å². The molecule has 5 nitrogen and oxygen atoms in total. The molecule has 0 bridgehead atoms. The van der Waals surface area contributed by atoms with Crippen LogP contribution in [0.2, 0.25) is 0 Å². The molecule has 0 spiro atoms. The van der Waals surface area contributed by atoms with Crippen LogP contribution in [-0.4, -0.2) is 53.6 Å². The number of benzene rings is 1. The topological polar surface area (TPSA) is 52.7 Å². The summed E-state index contributed by atoms with van der Waals surface area (Å²) in [6.07, 6.45) is 2.55. The van der Waals surface area contributed by atoms with E-state index in [0.717, 1.165) is 12.8 Å². The van der Waals surface area contributed by atoms with Gasteiger partial charge in [0, 0.05) is 25.3 Å². The molecule has 6 heteroatoms. The predicted octanol–water partition coefficient (Wildman–Crippen LogP) is 2.65. The molecular formula is C17H22FN3O2. The SMILES string of the molecule is O=C(Nc1ccccc1)N1CCCC(F)(C(=O)N2CCCC2)C1. The fourth-order valence-corrected chi connectivity index (χ4v) is 3.29. The number of likely N-dealkylation sites (tertiary alicyclic amines) is 2. The van der Waals surface area contributed by atoms with Gasteiger partial charge < -0.3 is 15.1 Å². The van der Waals surface area contributed by atoms with Crippen LogP contribution in [0.25, 0.3) is 0 Å². The van der Waals surface area contributed by atoms with Crippen LogP contribution < -0.4 is 5.32 Å². The van der Waals surface area contributed by atoms with E-state index in [9.17, 15) is 9.59 Å². The van der Waals surface area contributed by atoms with Gasteiger partial charge in [0.1, 0.15) is 0 Å². The van der Waals surface area contributed by atoms with Crippen molar-refractivity contribution in [2.24, 2.45) is 0 Å². The zero-order chi connectivity index (χ0) is 16.3. The van der Waals surface area contributed by atoms with E-state index in [4.69, 9.17) is 0 Å². The number of hydrogen-bond donors (Lipinski definition) is 1. The zero-order valence-electron chi connectivity index (χ0n) is 13.1. The highest BCUT2D eigenvalue weighted by Crippen LogP contribution is 2.29. The Kier molecular flexibility index (Phi) is 4.50. The molecule has 1 N–H and O–H groups in total. The Morgan fingerprint density at radius 2 is 1.65 bits per heavy atom. The summed E-state index contributed by atoms with van der Waals surface area (Å²) in [4.78, 5) is 27.8. The third-order valence-electron chi connectivity index (χ3n) is 4.53. The van der Waals surface area contributed by atoms with Crippen molar-refractivity contribution in [3.63, 3.8) is 0 Å². The third-order valence-corrected chi connectivity index (χ3v) is 4.53. The van der Waals surface area contributed by atoms with Gasteiger partial charge in [-0.3, -0.25) is 4.79 Å².